The van der Waals surface area contributed by atoms with Crippen molar-refractivity contribution in [1.82, 2.24) is 4.90 Å². The lowest BCUT2D eigenvalue weighted by Gasteiger charge is -2.61. The van der Waals surface area contributed by atoms with E-state index >= 15 is 0 Å². The van der Waals surface area contributed by atoms with Crippen LogP contribution in [0.2, 0.25) is 0 Å². The van der Waals surface area contributed by atoms with Crippen LogP contribution in [-0.4, -0.2) is 96.9 Å². The van der Waals surface area contributed by atoms with Gasteiger partial charge in [0.15, 0.2) is 23.7 Å². The number of piperidine rings is 1. The number of nitrogens with zero attached hydrogens (tertiary/aromatic N) is 1. The number of ether oxygens (including phenoxy) is 7. The number of methoxy groups -OCH3 is 1. The molecule has 6 atom stereocenters. The second-order valence-corrected chi connectivity index (χ2v) is 13.6. The van der Waals surface area contributed by atoms with Gasteiger partial charge in [-0.1, -0.05) is 19.4 Å². The van der Waals surface area contributed by atoms with Crippen LogP contribution in [0.3, 0.4) is 0 Å². The predicted octanol–water partition coefficient (Wildman–Crippen LogP) is 3.50. The van der Waals surface area contributed by atoms with E-state index in [2.05, 4.69) is 4.90 Å². The Morgan fingerprint density at radius 3 is 2.57 bits per heavy atom. The molecule has 0 amide bonds. The summed E-state index contributed by atoms with van der Waals surface area (Å²) >= 11 is 0. The molecule has 1 fully saturated rings. The smallest absolute Gasteiger partial charge is 0.493 e. The van der Waals surface area contributed by atoms with E-state index in [1.807, 2.05) is 26.1 Å². The van der Waals surface area contributed by atoms with Gasteiger partial charge in [0.25, 0.3) is 0 Å². The third-order valence-electron chi connectivity index (χ3n) is 9.40. The third-order valence-corrected chi connectivity index (χ3v) is 9.40. The Labute approximate surface area is 274 Å². The first-order chi connectivity index (χ1) is 22.1. The number of likely N-dealkylation sites (tertiary alicyclic amines) is 1. The van der Waals surface area contributed by atoms with E-state index in [1.165, 1.54) is 6.92 Å². The van der Waals surface area contributed by atoms with E-state index in [0.717, 1.165) is 17.5 Å². The summed E-state index contributed by atoms with van der Waals surface area (Å²) in [4.78, 5) is 53.7. The van der Waals surface area contributed by atoms with Crippen molar-refractivity contribution in [2.45, 2.75) is 114 Å². The summed E-state index contributed by atoms with van der Waals surface area (Å²) < 4.78 is 38.7. The lowest BCUT2D eigenvalue weighted by atomic mass is 9.50. The molecular weight excluding hydrogens is 614 g/mol. The molecule has 2 aliphatic carbocycles. The molecular formula is C34H45NO12. The van der Waals surface area contributed by atoms with Crippen molar-refractivity contribution in [1.29, 1.82) is 0 Å². The maximum Gasteiger partial charge on any atom is 0.509 e. The van der Waals surface area contributed by atoms with Crippen LogP contribution in [0.1, 0.15) is 77.8 Å². The van der Waals surface area contributed by atoms with Crippen LogP contribution in [0.4, 0.5) is 4.79 Å². The highest BCUT2D eigenvalue weighted by molar-refractivity contribution is 5.86. The lowest BCUT2D eigenvalue weighted by Crippen LogP contribution is -2.74. The minimum atomic E-state index is -1.79. The first-order valence-corrected chi connectivity index (χ1v) is 16.1. The number of benzene rings is 1. The molecule has 2 heterocycles. The van der Waals surface area contributed by atoms with Crippen LogP contribution in [0, 0.1) is 0 Å². The van der Waals surface area contributed by atoms with E-state index in [1.54, 1.807) is 34.0 Å². The summed E-state index contributed by atoms with van der Waals surface area (Å²) in [5.74, 6) is -1.66. The fraction of sp³-hybridized carbons (Fsp3) is 0.647. The predicted molar refractivity (Wildman–Crippen MR) is 165 cm³/mol. The van der Waals surface area contributed by atoms with Gasteiger partial charge < -0.3 is 43.2 Å². The average molecular weight is 660 g/mol. The van der Waals surface area contributed by atoms with Gasteiger partial charge in [0.2, 0.25) is 6.10 Å². The topological polar surface area (TPSA) is 156 Å². The summed E-state index contributed by atoms with van der Waals surface area (Å²) in [5, 5.41) is 12.4. The Balaban J connectivity index is 1.37. The van der Waals surface area contributed by atoms with Gasteiger partial charge in [-0.3, -0.25) is 4.79 Å². The number of unbranched alkanes of at least 4 members (excludes halogenated alkanes) is 1. The monoisotopic (exact) mass is 659 g/mol. The molecule has 13 heteroatoms. The number of likely N-dealkylation sites (N-methyl/N-ethyl adjacent to an activating group) is 1. The number of esters is 3. The van der Waals surface area contributed by atoms with Crippen molar-refractivity contribution < 1.29 is 57.4 Å². The zero-order valence-corrected chi connectivity index (χ0v) is 28.1. The molecule has 258 valence electrons. The molecule has 0 aromatic heterocycles. The second kappa shape index (κ2) is 13.0. The van der Waals surface area contributed by atoms with E-state index < -0.39 is 65.4 Å². The SMILES string of the molecule is CCCCOC(=O)[C@H](C)OC(=O)[C@H](CC(=O)OC1=CC[C@@]2(O)[C@H]3Cc4ccc(OC)c5c4[C@@]2(CCN3C)[C@H]1O5)OC(=O)OC(C)(C)C. The van der Waals surface area contributed by atoms with Gasteiger partial charge in [-0.15, -0.1) is 0 Å². The zero-order valence-electron chi connectivity index (χ0n) is 28.1. The van der Waals surface area contributed by atoms with Crippen LogP contribution in [0.5, 0.6) is 11.5 Å². The van der Waals surface area contributed by atoms with E-state index in [-0.39, 0.29) is 24.8 Å². The van der Waals surface area contributed by atoms with Gasteiger partial charge in [0, 0.05) is 18.0 Å². The second-order valence-electron chi connectivity index (χ2n) is 13.6. The summed E-state index contributed by atoms with van der Waals surface area (Å²) in [6, 6.07) is 3.63. The zero-order chi connectivity index (χ0) is 34.3. The Kier molecular flexibility index (Phi) is 9.53. The Morgan fingerprint density at radius 2 is 1.89 bits per heavy atom. The average Bonchev–Trinajstić information content (AvgIpc) is 3.35. The maximum atomic E-state index is 13.5. The first kappa shape index (κ1) is 34.5. The fourth-order valence-electron chi connectivity index (χ4n) is 7.21. The summed E-state index contributed by atoms with van der Waals surface area (Å²) in [6.45, 7) is 8.92. The van der Waals surface area contributed by atoms with Gasteiger partial charge in [-0.2, -0.15) is 0 Å². The van der Waals surface area contributed by atoms with Crippen molar-refractivity contribution in [3.8, 4) is 11.5 Å². The molecule has 0 saturated carbocycles. The molecule has 2 aliphatic heterocycles. The molecule has 1 N–H and O–H groups in total. The summed E-state index contributed by atoms with van der Waals surface area (Å²) in [6.07, 6.45) is -1.50. The van der Waals surface area contributed by atoms with Crippen LogP contribution in [-0.2, 0) is 49.9 Å². The molecule has 0 radical (unpaired) electrons. The van der Waals surface area contributed by atoms with Crippen molar-refractivity contribution in [2.75, 3.05) is 27.3 Å². The van der Waals surface area contributed by atoms with Crippen LogP contribution in [0.15, 0.2) is 24.0 Å². The minimum Gasteiger partial charge on any atom is -0.493 e. The molecule has 1 spiro atoms. The van der Waals surface area contributed by atoms with Gasteiger partial charge in [0.1, 0.15) is 11.4 Å². The Morgan fingerprint density at radius 1 is 1.15 bits per heavy atom. The molecule has 1 aromatic carbocycles. The van der Waals surface area contributed by atoms with E-state index in [9.17, 15) is 24.3 Å². The van der Waals surface area contributed by atoms with Crippen molar-refractivity contribution >= 4 is 24.1 Å². The number of carbonyl (C=O) groups is 4. The Hall–Kier alpha value is -3.84. The van der Waals surface area contributed by atoms with Crippen LogP contribution >= 0.6 is 0 Å². The maximum absolute atomic E-state index is 13.5. The van der Waals surface area contributed by atoms with Gasteiger partial charge in [0.05, 0.1) is 31.2 Å². The number of hydrogen-bond donors (Lipinski definition) is 1. The fourth-order valence-corrected chi connectivity index (χ4v) is 7.21. The molecule has 47 heavy (non-hydrogen) atoms. The molecule has 4 aliphatic rings. The molecule has 1 aromatic rings. The quantitative estimate of drug-likeness (QED) is 0.209. The minimum absolute atomic E-state index is 0.157. The molecule has 5 rings (SSSR count). The largest absolute Gasteiger partial charge is 0.509 e. The molecule has 1 saturated heterocycles. The highest BCUT2D eigenvalue weighted by Crippen LogP contribution is 2.65. The van der Waals surface area contributed by atoms with Crippen molar-refractivity contribution in [2.24, 2.45) is 0 Å². The highest BCUT2D eigenvalue weighted by Gasteiger charge is 2.72. The number of carbonyl (C=O) groups excluding carboxylic acids is 4. The lowest BCUT2D eigenvalue weighted by molar-refractivity contribution is -0.176. The standard InChI is InChI=1S/C34H45NO12/c1-8-9-16-42-29(37)19(2)43-30(38)23(45-31(39)47-32(3,4)5)18-25(36)44-22-12-13-34(40)24-17-20-10-11-21(41-7)27-26(20)33(34,28(22)46-27)14-15-35(24)6/h10-12,19,23-24,28,40H,8-9,13-18H2,1-7H3/t19-,23-,24+,28-,33-,34+/m0/s1. The molecule has 2 bridgehead atoms. The Bertz CT molecular complexity index is 1450. The normalized spacial score (nSPS) is 26.9. The van der Waals surface area contributed by atoms with Crippen molar-refractivity contribution in [3.63, 3.8) is 0 Å². The van der Waals surface area contributed by atoms with Gasteiger partial charge >= 0.3 is 24.1 Å². The number of aliphatic hydroxyl groups is 1. The first-order valence-electron chi connectivity index (χ1n) is 16.1. The number of rotatable bonds is 11. The van der Waals surface area contributed by atoms with Gasteiger partial charge in [-0.05, 0) is 78.3 Å². The summed E-state index contributed by atoms with van der Waals surface area (Å²) in [5.41, 5.74) is -1.17. The van der Waals surface area contributed by atoms with E-state index in [4.69, 9.17) is 33.2 Å². The third kappa shape index (κ3) is 6.27. The number of hydrogen-bond acceptors (Lipinski definition) is 13. The summed E-state index contributed by atoms with van der Waals surface area (Å²) in [7, 11) is 3.53. The van der Waals surface area contributed by atoms with Gasteiger partial charge in [-0.25, -0.2) is 14.4 Å². The molecule has 0 unspecified atom stereocenters. The van der Waals surface area contributed by atoms with Crippen LogP contribution in [0.25, 0.3) is 0 Å². The highest BCUT2D eigenvalue weighted by atomic mass is 16.7. The molecule has 13 nitrogen and oxygen atoms in total. The van der Waals surface area contributed by atoms with E-state index in [0.29, 0.717) is 37.3 Å². The van der Waals surface area contributed by atoms with Crippen LogP contribution < -0.4 is 9.47 Å². The van der Waals surface area contributed by atoms with Crippen molar-refractivity contribution in [3.05, 3.63) is 35.1 Å².